The molecule has 0 unspecified atom stereocenters. The highest BCUT2D eigenvalue weighted by Crippen LogP contribution is 2.38. The van der Waals surface area contributed by atoms with Crippen LogP contribution in [0.1, 0.15) is 47.7 Å². The van der Waals surface area contributed by atoms with Gasteiger partial charge in [-0.25, -0.2) is 4.98 Å². The number of rotatable bonds is 4. The molecule has 7 nitrogen and oxygen atoms in total. The van der Waals surface area contributed by atoms with Crippen LogP contribution in [-0.4, -0.2) is 32.9 Å². The van der Waals surface area contributed by atoms with E-state index in [9.17, 15) is 10.0 Å². The molecule has 0 saturated carbocycles. The fraction of sp³-hybridized carbons (Fsp3) is 0.471. The van der Waals surface area contributed by atoms with Crippen LogP contribution in [-0.2, 0) is 13.0 Å². The topological polar surface area (TPSA) is 92.7 Å². The van der Waals surface area contributed by atoms with Crippen molar-refractivity contribution in [3.8, 4) is 0 Å². The average Bonchev–Trinajstić information content (AvgIpc) is 3.13. The highest BCUT2D eigenvalue weighted by Gasteiger charge is 2.36. The van der Waals surface area contributed by atoms with Gasteiger partial charge in [0.05, 0.1) is 12.0 Å². The summed E-state index contributed by atoms with van der Waals surface area (Å²) in [6.45, 7) is 7.12. The normalized spacial score (nSPS) is 17.7. The van der Waals surface area contributed by atoms with E-state index in [0.717, 1.165) is 16.9 Å². The summed E-state index contributed by atoms with van der Waals surface area (Å²) in [5.74, 6) is 0.762. The fourth-order valence-corrected chi connectivity index (χ4v) is 3.21. The molecule has 1 aliphatic rings. The second-order valence-electron chi connectivity index (χ2n) is 6.98. The highest BCUT2D eigenvalue weighted by atomic mass is 16.4. The van der Waals surface area contributed by atoms with Crippen LogP contribution in [0.3, 0.4) is 0 Å². The summed E-state index contributed by atoms with van der Waals surface area (Å²) in [7, 11) is 0. The molecule has 0 aliphatic heterocycles. The van der Waals surface area contributed by atoms with Gasteiger partial charge in [0.2, 0.25) is 0 Å². The third kappa shape index (κ3) is 3.06. The molecule has 2 heterocycles. The summed E-state index contributed by atoms with van der Waals surface area (Å²) in [5.41, 5.74) is 2.03. The molecular formula is C17H22N4O3. The lowest BCUT2D eigenvalue weighted by atomic mass is 9.75. The predicted octanol–water partition coefficient (Wildman–Crippen LogP) is 2.37. The summed E-state index contributed by atoms with van der Waals surface area (Å²) >= 11 is 0. The molecule has 1 aliphatic carbocycles. The Morgan fingerprint density at radius 2 is 2.29 bits per heavy atom. The third-order valence-electron chi connectivity index (χ3n) is 4.34. The van der Waals surface area contributed by atoms with Crippen LogP contribution in [0, 0.1) is 12.3 Å². The van der Waals surface area contributed by atoms with E-state index >= 15 is 0 Å². The van der Waals surface area contributed by atoms with E-state index in [4.69, 9.17) is 4.42 Å². The van der Waals surface area contributed by atoms with Crippen molar-refractivity contribution in [2.45, 2.75) is 40.2 Å². The standard InChI is InChI=1S/C17H22N4O3/c1-11-14-12(20-23)8-17(2,3)9-13(14)24-15(11)16(22)19-5-7-21-6-4-18-10-21/h4,6,10,23H,5,7-9H2,1-3H3,(H,19,22)/b20-12+. The molecule has 2 N–H and O–H groups in total. The van der Waals surface area contributed by atoms with Gasteiger partial charge in [-0.3, -0.25) is 4.79 Å². The smallest absolute Gasteiger partial charge is 0.287 e. The molecule has 0 atom stereocenters. The average molecular weight is 330 g/mol. The zero-order valence-electron chi connectivity index (χ0n) is 14.2. The van der Waals surface area contributed by atoms with Crippen molar-refractivity contribution in [1.82, 2.24) is 14.9 Å². The van der Waals surface area contributed by atoms with Crippen molar-refractivity contribution in [3.63, 3.8) is 0 Å². The van der Waals surface area contributed by atoms with Crippen molar-refractivity contribution in [3.05, 3.63) is 41.4 Å². The minimum Gasteiger partial charge on any atom is -0.455 e. The van der Waals surface area contributed by atoms with Gasteiger partial charge in [-0.1, -0.05) is 19.0 Å². The second kappa shape index (κ2) is 6.14. The molecule has 0 saturated heterocycles. The van der Waals surface area contributed by atoms with Gasteiger partial charge in [-0.2, -0.15) is 0 Å². The maximum absolute atomic E-state index is 12.4. The van der Waals surface area contributed by atoms with Crippen molar-refractivity contribution in [2.24, 2.45) is 10.6 Å². The Kier molecular flexibility index (Phi) is 4.17. The molecule has 3 rings (SSSR count). The number of carbonyl (C=O) groups excluding carboxylic acids is 1. The zero-order valence-corrected chi connectivity index (χ0v) is 14.2. The number of hydrogen-bond donors (Lipinski definition) is 2. The first-order valence-corrected chi connectivity index (χ1v) is 7.99. The fourth-order valence-electron chi connectivity index (χ4n) is 3.21. The van der Waals surface area contributed by atoms with Gasteiger partial charge in [0.25, 0.3) is 5.91 Å². The van der Waals surface area contributed by atoms with Crippen LogP contribution < -0.4 is 5.32 Å². The number of imidazole rings is 1. The molecule has 0 aromatic carbocycles. The first-order valence-electron chi connectivity index (χ1n) is 7.99. The predicted molar refractivity (Wildman–Crippen MR) is 88.4 cm³/mol. The number of furan rings is 1. The van der Waals surface area contributed by atoms with Gasteiger partial charge in [-0.05, 0) is 18.8 Å². The van der Waals surface area contributed by atoms with E-state index < -0.39 is 0 Å². The molecule has 0 bridgehead atoms. The van der Waals surface area contributed by atoms with Crippen molar-refractivity contribution in [1.29, 1.82) is 0 Å². The van der Waals surface area contributed by atoms with E-state index in [1.807, 2.05) is 17.7 Å². The van der Waals surface area contributed by atoms with Crippen LogP contribution in [0.2, 0.25) is 0 Å². The highest BCUT2D eigenvalue weighted by molar-refractivity contribution is 6.06. The minimum atomic E-state index is -0.253. The van der Waals surface area contributed by atoms with Gasteiger partial charge in [0.15, 0.2) is 5.76 Å². The van der Waals surface area contributed by atoms with Crippen molar-refractivity contribution >= 4 is 11.6 Å². The van der Waals surface area contributed by atoms with Crippen molar-refractivity contribution in [2.75, 3.05) is 6.54 Å². The monoisotopic (exact) mass is 330 g/mol. The first kappa shape index (κ1) is 16.3. The summed E-state index contributed by atoms with van der Waals surface area (Å²) < 4.78 is 7.72. The van der Waals surface area contributed by atoms with Crippen molar-refractivity contribution < 1.29 is 14.4 Å². The van der Waals surface area contributed by atoms with E-state index in [-0.39, 0.29) is 11.3 Å². The van der Waals surface area contributed by atoms with E-state index in [2.05, 4.69) is 29.3 Å². The molecule has 2 aromatic rings. The van der Waals surface area contributed by atoms with Gasteiger partial charge < -0.3 is 19.5 Å². The SMILES string of the molecule is Cc1c(C(=O)NCCn2ccnc2)oc2c1/C(=N/O)CC(C)(C)C2. The number of nitrogens with one attached hydrogen (secondary N) is 1. The summed E-state index contributed by atoms with van der Waals surface area (Å²) in [6.07, 6.45) is 6.61. The summed E-state index contributed by atoms with van der Waals surface area (Å²) in [6, 6.07) is 0. The van der Waals surface area contributed by atoms with Gasteiger partial charge in [-0.15, -0.1) is 0 Å². The molecule has 128 valence electrons. The van der Waals surface area contributed by atoms with Gasteiger partial charge >= 0.3 is 0 Å². The maximum atomic E-state index is 12.4. The Balaban J connectivity index is 1.77. The molecule has 2 aromatic heterocycles. The maximum Gasteiger partial charge on any atom is 0.287 e. The molecular weight excluding hydrogens is 308 g/mol. The lowest BCUT2D eigenvalue weighted by molar-refractivity contribution is 0.0920. The number of oxime groups is 1. The second-order valence-corrected chi connectivity index (χ2v) is 6.98. The van der Waals surface area contributed by atoms with E-state index in [0.29, 0.717) is 37.4 Å². The molecule has 24 heavy (non-hydrogen) atoms. The lowest BCUT2D eigenvalue weighted by Gasteiger charge is -2.28. The lowest BCUT2D eigenvalue weighted by Crippen LogP contribution is -2.27. The summed E-state index contributed by atoms with van der Waals surface area (Å²) in [4.78, 5) is 16.4. The minimum absolute atomic E-state index is 0.0615. The Morgan fingerprint density at radius 3 is 2.96 bits per heavy atom. The Hall–Kier alpha value is -2.57. The molecule has 1 amide bonds. The Bertz CT molecular complexity index is 772. The number of aromatic nitrogens is 2. The number of nitrogens with zero attached hydrogens (tertiary/aromatic N) is 3. The van der Waals surface area contributed by atoms with Gasteiger partial charge in [0.1, 0.15) is 5.76 Å². The number of amides is 1. The molecule has 0 fully saturated rings. The van der Waals surface area contributed by atoms with Gasteiger partial charge in [0, 0.05) is 43.0 Å². The number of carbonyl (C=O) groups is 1. The van der Waals surface area contributed by atoms with Crippen LogP contribution in [0.25, 0.3) is 0 Å². The van der Waals surface area contributed by atoms with E-state index in [1.165, 1.54) is 0 Å². The molecule has 0 spiro atoms. The quantitative estimate of drug-likeness (QED) is 0.665. The third-order valence-corrected chi connectivity index (χ3v) is 4.34. The number of fused-ring (bicyclic) bond motifs is 1. The zero-order chi connectivity index (χ0) is 17.3. The summed E-state index contributed by atoms with van der Waals surface area (Å²) in [5, 5.41) is 15.6. The molecule has 0 radical (unpaired) electrons. The largest absolute Gasteiger partial charge is 0.455 e. The Labute approximate surface area is 140 Å². The van der Waals surface area contributed by atoms with E-state index in [1.54, 1.807) is 12.5 Å². The van der Waals surface area contributed by atoms with Crippen LogP contribution in [0.4, 0.5) is 0 Å². The molecule has 7 heteroatoms. The first-order chi connectivity index (χ1) is 11.4. The number of hydrogen-bond acceptors (Lipinski definition) is 5. The van der Waals surface area contributed by atoms with Crippen LogP contribution >= 0.6 is 0 Å². The van der Waals surface area contributed by atoms with Crippen LogP contribution in [0.15, 0.2) is 28.3 Å². The Morgan fingerprint density at radius 1 is 1.50 bits per heavy atom. The van der Waals surface area contributed by atoms with Crippen LogP contribution in [0.5, 0.6) is 0 Å².